The van der Waals surface area contributed by atoms with Crippen LogP contribution >= 0.6 is 7.82 Å². The van der Waals surface area contributed by atoms with Gasteiger partial charge in [0.25, 0.3) is 0 Å². The third-order valence-corrected chi connectivity index (χ3v) is 6.20. The fraction of sp³-hybridized carbons (Fsp3) is 1.00. The zero-order chi connectivity index (χ0) is 24.6. The van der Waals surface area contributed by atoms with E-state index in [1.807, 2.05) is 0 Å². The molecule has 0 amide bonds. The molecule has 196 valence electrons. The lowest BCUT2D eigenvalue weighted by Crippen LogP contribution is -2.31. The monoisotopic (exact) mass is 479 g/mol. The van der Waals surface area contributed by atoms with Crippen LogP contribution in [0.1, 0.15) is 156 Å². The molecular weight excluding hydrogens is 421 g/mol. The van der Waals surface area contributed by atoms with Crippen molar-refractivity contribution >= 4 is 7.82 Å². The van der Waals surface area contributed by atoms with E-state index in [2.05, 4.69) is 32.2 Å². The first-order valence-electron chi connectivity index (χ1n) is 13.6. The summed E-state index contributed by atoms with van der Waals surface area (Å²) in [7, 11) is -4.24. The standard InChI is InChI=1S/C14H31N.C12H27O4P/c1-4-5-6-7-8-9-10-11-12-13-14(2,3)15;1-2-3-4-5-6-7-8-9-10-11-12-16-17(13,14)15/h4-13,15H2,1-3H3;2-12H2,1H3,(H2,13,14,15). The molecule has 0 rings (SSSR count). The van der Waals surface area contributed by atoms with E-state index in [-0.39, 0.29) is 12.1 Å². The molecular formula is C26H58NO4P. The maximum absolute atomic E-state index is 10.4. The molecule has 0 aromatic heterocycles. The van der Waals surface area contributed by atoms with Crippen LogP contribution < -0.4 is 5.73 Å². The Morgan fingerprint density at radius 1 is 0.625 bits per heavy atom. The largest absolute Gasteiger partial charge is 0.469 e. The second-order valence-corrected chi connectivity index (χ2v) is 11.3. The molecule has 0 saturated carbocycles. The minimum atomic E-state index is -4.24. The molecule has 5 nitrogen and oxygen atoms in total. The van der Waals surface area contributed by atoms with Crippen LogP contribution in [0.3, 0.4) is 0 Å². The first-order valence-corrected chi connectivity index (χ1v) is 15.1. The first-order chi connectivity index (χ1) is 15.1. The van der Waals surface area contributed by atoms with Crippen LogP contribution in [-0.2, 0) is 9.09 Å². The van der Waals surface area contributed by atoms with Gasteiger partial charge in [-0.25, -0.2) is 4.57 Å². The molecule has 32 heavy (non-hydrogen) atoms. The zero-order valence-electron chi connectivity index (χ0n) is 22.1. The number of phosphoric ester groups is 1. The Morgan fingerprint density at radius 2 is 0.938 bits per heavy atom. The van der Waals surface area contributed by atoms with Crippen molar-refractivity contribution in [1.29, 1.82) is 0 Å². The van der Waals surface area contributed by atoms with Crippen LogP contribution in [0.5, 0.6) is 0 Å². The number of hydrogen-bond donors (Lipinski definition) is 3. The van der Waals surface area contributed by atoms with Gasteiger partial charge < -0.3 is 15.5 Å². The average molecular weight is 480 g/mol. The molecule has 0 aromatic carbocycles. The smallest absolute Gasteiger partial charge is 0.326 e. The van der Waals surface area contributed by atoms with Crippen molar-refractivity contribution < 1.29 is 18.9 Å². The Balaban J connectivity index is 0. The zero-order valence-corrected chi connectivity index (χ0v) is 23.0. The summed E-state index contributed by atoms with van der Waals surface area (Å²) >= 11 is 0. The molecule has 0 fully saturated rings. The van der Waals surface area contributed by atoms with Crippen molar-refractivity contribution in [3.8, 4) is 0 Å². The summed E-state index contributed by atoms with van der Waals surface area (Å²) in [5, 5.41) is 0. The van der Waals surface area contributed by atoms with Gasteiger partial charge in [-0.3, -0.25) is 4.52 Å². The highest BCUT2D eigenvalue weighted by molar-refractivity contribution is 7.46. The predicted molar refractivity (Wildman–Crippen MR) is 140 cm³/mol. The summed E-state index contributed by atoms with van der Waals surface area (Å²) in [6, 6.07) is 0. The van der Waals surface area contributed by atoms with Crippen molar-refractivity contribution in [2.75, 3.05) is 6.61 Å². The van der Waals surface area contributed by atoms with Crippen molar-refractivity contribution in [1.82, 2.24) is 0 Å². The molecule has 0 aromatic rings. The molecule has 0 aliphatic carbocycles. The van der Waals surface area contributed by atoms with Gasteiger partial charge >= 0.3 is 7.82 Å². The second kappa shape index (κ2) is 24.2. The van der Waals surface area contributed by atoms with Crippen LogP contribution in [0.2, 0.25) is 0 Å². The van der Waals surface area contributed by atoms with E-state index in [9.17, 15) is 4.57 Å². The van der Waals surface area contributed by atoms with E-state index >= 15 is 0 Å². The van der Waals surface area contributed by atoms with E-state index in [4.69, 9.17) is 15.5 Å². The van der Waals surface area contributed by atoms with E-state index in [1.165, 1.54) is 109 Å². The topological polar surface area (TPSA) is 92.8 Å². The summed E-state index contributed by atoms with van der Waals surface area (Å²) < 4.78 is 14.7. The lowest BCUT2D eigenvalue weighted by molar-refractivity contribution is 0.193. The molecule has 0 unspecified atom stereocenters. The number of nitrogens with two attached hydrogens (primary N) is 1. The quantitative estimate of drug-likeness (QED) is 0.107. The summed E-state index contributed by atoms with van der Waals surface area (Å²) in [6.45, 7) is 8.91. The van der Waals surface area contributed by atoms with Crippen molar-refractivity contribution in [2.24, 2.45) is 5.73 Å². The van der Waals surface area contributed by atoms with Gasteiger partial charge in [-0.2, -0.15) is 0 Å². The molecule has 0 bridgehead atoms. The van der Waals surface area contributed by atoms with Crippen molar-refractivity contribution in [3.63, 3.8) is 0 Å². The Hall–Kier alpha value is 0.0700. The highest BCUT2D eigenvalue weighted by Crippen LogP contribution is 2.35. The third kappa shape index (κ3) is 37.4. The third-order valence-electron chi connectivity index (χ3n) is 5.68. The Morgan fingerprint density at radius 3 is 1.25 bits per heavy atom. The first kappa shape index (κ1) is 34.2. The molecule has 4 N–H and O–H groups in total. The Kier molecular flexibility index (Phi) is 25.9. The SMILES string of the molecule is CCCCCCCCCCCC(C)(C)N.CCCCCCCCCCCCOP(=O)(O)O. The number of unbranched alkanes of at least 4 members (excludes halogenated alkanes) is 17. The lowest BCUT2D eigenvalue weighted by atomic mass is 9.97. The molecule has 0 aliphatic heterocycles. The van der Waals surface area contributed by atoms with Gasteiger partial charge in [0.15, 0.2) is 0 Å². The van der Waals surface area contributed by atoms with Gasteiger partial charge in [-0.15, -0.1) is 0 Å². The summed E-state index contributed by atoms with van der Waals surface area (Å²) in [5.41, 5.74) is 5.97. The van der Waals surface area contributed by atoms with Gasteiger partial charge in [-0.05, 0) is 26.7 Å². The van der Waals surface area contributed by atoms with Gasteiger partial charge in [-0.1, -0.05) is 129 Å². The number of phosphoric acid groups is 1. The summed E-state index contributed by atoms with van der Waals surface area (Å²) in [5.74, 6) is 0. The highest BCUT2D eigenvalue weighted by atomic mass is 31.2. The summed E-state index contributed by atoms with van der Waals surface area (Å²) in [6.07, 6.45) is 25.8. The van der Waals surface area contributed by atoms with Crippen molar-refractivity contribution in [3.05, 3.63) is 0 Å². The Bertz CT molecular complexity index is 407. The van der Waals surface area contributed by atoms with Crippen LogP contribution in [0.4, 0.5) is 0 Å². The van der Waals surface area contributed by atoms with E-state index in [1.54, 1.807) is 0 Å². The molecule has 0 spiro atoms. The van der Waals surface area contributed by atoms with Crippen LogP contribution in [0, 0.1) is 0 Å². The molecule has 0 aliphatic rings. The van der Waals surface area contributed by atoms with Crippen LogP contribution in [0.15, 0.2) is 0 Å². The van der Waals surface area contributed by atoms with E-state index < -0.39 is 7.82 Å². The maximum Gasteiger partial charge on any atom is 0.469 e. The number of rotatable bonds is 22. The average Bonchev–Trinajstić information content (AvgIpc) is 2.70. The molecule has 0 radical (unpaired) electrons. The van der Waals surface area contributed by atoms with E-state index in [0.29, 0.717) is 0 Å². The fourth-order valence-electron chi connectivity index (χ4n) is 3.66. The second-order valence-electron chi connectivity index (χ2n) is 10.1. The predicted octanol–water partition coefficient (Wildman–Crippen LogP) is 8.66. The minimum absolute atomic E-state index is 0.0428. The molecule has 0 saturated heterocycles. The molecule has 6 heteroatoms. The normalized spacial score (nSPS) is 12.0. The lowest BCUT2D eigenvalue weighted by Gasteiger charge is -2.17. The van der Waals surface area contributed by atoms with Crippen LogP contribution in [-0.4, -0.2) is 21.9 Å². The fourth-order valence-corrected chi connectivity index (χ4v) is 4.03. The van der Waals surface area contributed by atoms with Gasteiger partial charge in [0.2, 0.25) is 0 Å². The van der Waals surface area contributed by atoms with Crippen LogP contribution in [0.25, 0.3) is 0 Å². The Labute approximate surface area is 200 Å². The van der Waals surface area contributed by atoms with Gasteiger partial charge in [0.05, 0.1) is 6.61 Å². The maximum atomic E-state index is 10.4. The summed E-state index contributed by atoms with van der Waals surface area (Å²) in [4.78, 5) is 16.9. The molecule has 0 heterocycles. The molecule has 0 atom stereocenters. The number of hydrogen-bond acceptors (Lipinski definition) is 3. The van der Waals surface area contributed by atoms with Gasteiger partial charge in [0, 0.05) is 5.54 Å². The minimum Gasteiger partial charge on any atom is -0.326 e. The van der Waals surface area contributed by atoms with E-state index in [0.717, 1.165) is 19.3 Å². The van der Waals surface area contributed by atoms with Gasteiger partial charge in [0.1, 0.15) is 0 Å². The van der Waals surface area contributed by atoms with Crippen molar-refractivity contribution in [2.45, 2.75) is 162 Å². The highest BCUT2D eigenvalue weighted by Gasteiger charge is 2.12.